The summed E-state index contributed by atoms with van der Waals surface area (Å²) in [6.45, 7) is 5.06. The van der Waals surface area contributed by atoms with Gasteiger partial charge in [0.05, 0.1) is 0 Å². The van der Waals surface area contributed by atoms with Crippen LogP contribution in [0.25, 0.3) is 0 Å². The van der Waals surface area contributed by atoms with Crippen LogP contribution in [0.1, 0.15) is 13.3 Å². The molecule has 0 aliphatic carbocycles. The fourth-order valence-electron chi connectivity index (χ4n) is 1.34. The second-order valence-corrected chi connectivity index (χ2v) is 4.76. The average Bonchev–Trinajstić information content (AvgIpc) is 2.31. The summed E-state index contributed by atoms with van der Waals surface area (Å²) < 4.78 is 27.0. The van der Waals surface area contributed by atoms with E-state index in [0.717, 1.165) is 19.5 Å². The van der Waals surface area contributed by atoms with E-state index in [1.54, 1.807) is 6.92 Å². The van der Waals surface area contributed by atoms with Gasteiger partial charge in [-0.05, 0) is 13.0 Å². The van der Waals surface area contributed by atoms with Gasteiger partial charge in [0.15, 0.2) is 0 Å². The third-order valence-corrected chi connectivity index (χ3v) is 3.66. The molecule has 0 radical (unpaired) electrons. The molecular weight excluding hydrogens is 226 g/mol. The minimum Gasteiger partial charge on any atom is -0.315 e. The molecule has 0 atom stereocenters. The van der Waals surface area contributed by atoms with Crippen molar-refractivity contribution in [1.29, 1.82) is 0 Å². The smallest absolute Gasteiger partial charge is 0.279 e. The molecule has 0 aromatic rings. The van der Waals surface area contributed by atoms with Gasteiger partial charge in [0, 0.05) is 26.2 Å². The topological polar surface area (TPSA) is 61.4 Å². The van der Waals surface area contributed by atoms with E-state index in [2.05, 4.69) is 10.0 Å². The molecule has 7 heteroatoms. The average molecular weight is 244 g/mol. The second-order valence-electron chi connectivity index (χ2n) is 3.01. The first-order valence-electron chi connectivity index (χ1n) is 4.62. The van der Waals surface area contributed by atoms with Crippen LogP contribution < -0.4 is 10.0 Å². The van der Waals surface area contributed by atoms with E-state index in [4.69, 9.17) is 0 Å². The Kier molecular flexibility index (Phi) is 6.63. The van der Waals surface area contributed by atoms with Crippen molar-refractivity contribution in [2.24, 2.45) is 0 Å². The highest BCUT2D eigenvalue weighted by atomic mass is 35.5. The summed E-state index contributed by atoms with van der Waals surface area (Å²) in [5, 5.41) is 3.16. The SMILES string of the molecule is CCNS(=O)(=O)N1CCCNCC1.Cl. The molecule has 14 heavy (non-hydrogen) atoms. The van der Waals surface area contributed by atoms with Crippen molar-refractivity contribution in [2.75, 3.05) is 32.7 Å². The van der Waals surface area contributed by atoms with Gasteiger partial charge in [0.1, 0.15) is 0 Å². The normalized spacial score (nSPS) is 19.8. The zero-order valence-electron chi connectivity index (χ0n) is 8.32. The first-order valence-corrected chi connectivity index (χ1v) is 6.06. The molecule has 1 heterocycles. The van der Waals surface area contributed by atoms with Gasteiger partial charge in [-0.25, -0.2) is 4.72 Å². The number of nitrogens with one attached hydrogen (secondary N) is 2. The maximum absolute atomic E-state index is 11.5. The lowest BCUT2D eigenvalue weighted by Crippen LogP contribution is -2.42. The van der Waals surface area contributed by atoms with Gasteiger partial charge in [-0.3, -0.25) is 0 Å². The van der Waals surface area contributed by atoms with Crippen LogP contribution in [0.2, 0.25) is 0 Å². The molecule has 1 saturated heterocycles. The van der Waals surface area contributed by atoms with Crippen molar-refractivity contribution >= 4 is 22.6 Å². The zero-order valence-corrected chi connectivity index (χ0v) is 9.96. The van der Waals surface area contributed by atoms with E-state index in [9.17, 15) is 8.42 Å². The minimum absolute atomic E-state index is 0. The lowest BCUT2D eigenvalue weighted by molar-refractivity contribution is 0.423. The number of hydrogen-bond donors (Lipinski definition) is 2. The maximum Gasteiger partial charge on any atom is 0.279 e. The molecule has 86 valence electrons. The molecule has 1 aliphatic rings. The van der Waals surface area contributed by atoms with Crippen LogP contribution in [0, 0.1) is 0 Å². The first kappa shape index (κ1) is 14.1. The summed E-state index contributed by atoms with van der Waals surface area (Å²) in [4.78, 5) is 0. The fourth-order valence-corrected chi connectivity index (χ4v) is 2.58. The Hall–Kier alpha value is 0.120. The molecule has 1 aliphatic heterocycles. The van der Waals surface area contributed by atoms with E-state index >= 15 is 0 Å². The predicted molar refractivity (Wildman–Crippen MR) is 58.9 cm³/mol. The number of rotatable bonds is 3. The van der Waals surface area contributed by atoms with Crippen molar-refractivity contribution in [2.45, 2.75) is 13.3 Å². The van der Waals surface area contributed by atoms with Crippen molar-refractivity contribution in [3.63, 3.8) is 0 Å². The molecule has 1 rings (SSSR count). The Labute approximate surface area is 91.8 Å². The van der Waals surface area contributed by atoms with Crippen LogP contribution in [0.15, 0.2) is 0 Å². The van der Waals surface area contributed by atoms with Crippen LogP contribution in [-0.4, -0.2) is 45.4 Å². The van der Waals surface area contributed by atoms with Crippen LogP contribution in [0.5, 0.6) is 0 Å². The molecular formula is C7H18ClN3O2S. The summed E-state index contributed by atoms with van der Waals surface area (Å²) in [6.07, 6.45) is 0.880. The lowest BCUT2D eigenvalue weighted by atomic mass is 10.4. The highest BCUT2D eigenvalue weighted by Crippen LogP contribution is 2.00. The Morgan fingerprint density at radius 3 is 2.71 bits per heavy atom. The van der Waals surface area contributed by atoms with Gasteiger partial charge in [0.25, 0.3) is 10.2 Å². The molecule has 0 amide bonds. The number of halogens is 1. The molecule has 0 aromatic carbocycles. The summed E-state index contributed by atoms with van der Waals surface area (Å²) >= 11 is 0. The predicted octanol–water partition coefficient (Wildman–Crippen LogP) is -0.442. The van der Waals surface area contributed by atoms with Crippen LogP contribution in [-0.2, 0) is 10.2 Å². The quantitative estimate of drug-likeness (QED) is 0.707. The first-order chi connectivity index (χ1) is 6.17. The Morgan fingerprint density at radius 2 is 2.07 bits per heavy atom. The van der Waals surface area contributed by atoms with Gasteiger partial charge in [-0.2, -0.15) is 12.7 Å². The van der Waals surface area contributed by atoms with Crippen LogP contribution in [0.4, 0.5) is 0 Å². The van der Waals surface area contributed by atoms with Gasteiger partial charge < -0.3 is 5.32 Å². The van der Waals surface area contributed by atoms with Gasteiger partial charge in [-0.1, -0.05) is 6.92 Å². The second kappa shape index (κ2) is 6.58. The Balaban J connectivity index is 0.00000169. The third kappa shape index (κ3) is 4.10. The number of nitrogens with zero attached hydrogens (tertiary/aromatic N) is 1. The molecule has 0 saturated carbocycles. The molecule has 0 bridgehead atoms. The maximum atomic E-state index is 11.5. The summed E-state index contributed by atoms with van der Waals surface area (Å²) in [5.74, 6) is 0. The fraction of sp³-hybridized carbons (Fsp3) is 1.00. The van der Waals surface area contributed by atoms with Crippen molar-refractivity contribution in [1.82, 2.24) is 14.3 Å². The Morgan fingerprint density at radius 1 is 1.36 bits per heavy atom. The van der Waals surface area contributed by atoms with E-state index in [1.165, 1.54) is 4.31 Å². The van der Waals surface area contributed by atoms with Crippen molar-refractivity contribution < 1.29 is 8.42 Å². The largest absolute Gasteiger partial charge is 0.315 e. The van der Waals surface area contributed by atoms with Gasteiger partial charge >= 0.3 is 0 Å². The van der Waals surface area contributed by atoms with E-state index in [1.807, 2.05) is 0 Å². The molecule has 1 fully saturated rings. The summed E-state index contributed by atoms with van der Waals surface area (Å²) in [5.41, 5.74) is 0. The molecule has 2 N–H and O–H groups in total. The van der Waals surface area contributed by atoms with Crippen LogP contribution in [0.3, 0.4) is 0 Å². The van der Waals surface area contributed by atoms with E-state index < -0.39 is 10.2 Å². The Bertz CT molecular complexity index is 237. The van der Waals surface area contributed by atoms with E-state index in [0.29, 0.717) is 19.6 Å². The number of hydrogen-bond acceptors (Lipinski definition) is 3. The standard InChI is InChI=1S/C7H17N3O2S.ClH/c1-2-9-13(11,12)10-6-3-4-8-5-7-10;/h8-9H,2-7H2,1H3;1H. The highest BCUT2D eigenvalue weighted by Gasteiger charge is 2.21. The highest BCUT2D eigenvalue weighted by molar-refractivity contribution is 7.87. The van der Waals surface area contributed by atoms with Gasteiger partial charge in [0.2, 0.25) is 0 Å². The molecule has 0 unspecified atom stereocenters. The molecule has 5 nitrogen and oxygen atoms in total. The van der Waals surface area contributed by atoms with Crippen molar-refractivity contribution in [3.05, 3.63) is 0 Å². The van der Waals surface area contributed by atoms with E-state index in [-0.39, 0.29) is 12.4 Å². The molecule has 0 spiro atoms. The summed E-state index contributed by atoms with van der Waals surface area (Å²) in [7, 11) is -3.21. The van der Waals surface area contributed by atoms with Crippen LogP contribution >= 0.6 is 12.4 Å². The zero-order chi connectivity index (χ0) is 9.73. The third-order valence-electron chi connectivity index (χ3n) is 1.97. The summed E-state index contributed by atoms with van der Waals surface area (Å²) in [6, 6.07) is 0. The monoisotopic (exact) mass is 243 g/mol. The molecule has 0 aromatic heterocycles. The van der Waals surface area contributed by atoms with Gasteiger partial charge in [-0.15, -0.1) is 12.4 Å². The lowest BCUT2D eigenvalue weighted by Gasteiger charge is -2.19. The van der Waals surface area contributed by atoms with Crippen molar-refractivity contribution in [3.8, 4) is 0 Å². The minimum atomic E-state index is -3.21.